The topological polar surface area (TPSA) is 90.2 Å². The maximum Gasteiger partial charge on any atom is 0.126 e. The van der Waals surface area contributed by atoms with Crippen molar-refractivity contribution in [3.05, 3.63) is 70.4 Å². The van der Waals surface area contributed by atoms with Gasteiger partial charge in [0.15, 0.2) is 0 Å². The molecule has 0 saturated carbocycles. The van der Waals surface area contributed by atoms with E-state index < -0.39 is 37.1 Å². The van der Waals surface area contributed by atoms with Crippen LogP contribution in [0.4, 0.5) is 4.39 Å². The minimum atomic E-state index is -1.47. The van der Waals surface area contributed by atoms with Crippen molar-refractivity contribution >= 4 is 21.4 Å². The Morgan fingerprint density at radius 2 is 1.75 bits per heavy atom. The van der Waals surface area contributed by atoms with Crippen LogP contribution in [0.5, 0.6) is 0 Å². The summed E-state index contributed by atoms with van der Waals surface area (Å²) in [6.45, 7) is -0.503. The van der Waals surface area contributed by atoms with E-state index in [4.69, 9.17) is 4.74 Å². The van der Waals surface area contributed by atoms with Crippen molar-refractivity contribution in [3.8, 4) is 0 Å². The zero-order chi connectivity index (χ0) is 19.8. The maximum absolute atomic E-state index is 14.4. The summed E-state index contributed by atoms with van der Waals surface area (Å²) in [5, 5.41) is 40.7. The Balaban J connectivity index is 1.63. The van der Waals surface area contributed by atoms with Gasteiger partial charge in [0.25, 0.3) is 0 Å². The van der Waals surface area contributed by atoms with Crippen molar-refractivity contribution in [2.24, 2.45) is 0 Å². The molecule has 0 bridgehead atoms. The maximum atomic E-state index is 14.4. The number of halogens is 1. The van der Waals surface area contributed by atoms with Crippen LogP contribution in [-0.4, -0.2) is 51.4 Å². The Kier molecular flexibility index (Phi) is 5.46. The monoisotopic (exact) mass is 404 g/mol. The van der Waals surface area contributed by atoms with Crippen LogP contribution in [0.15, 0.2) is 48.5 Å². The van der Waals surface area contributed by atoms with Crippen LogP contribution in [0.3, 0.4) is 0 Å². The Hall–Kier alpha value is -1.87. The number of aliphatic hydroxyl groups is 4. The molecular weight excluding hydrogens is 383 g/mol. The molecule has 3 aromatic rings. The van der Waals surface area contributed by atoms with Crippen LogP contribution >= 0.6 is 11.3 Å². The van der Waals surface area contributed by atoms with Gasteiger partial charge in [0.05, 0.1) is 6.61 Å². The molecule has 5 nitrogen and oxygen atoms in total. The highest BCUT2D eigenvalue weighted by Gasteiger charge is 2.44. The quantitative estimate of drug-likeness (QED) is 0.535. The van der Waals surface area contributed by atoms with Crippen LogP contribution in [0.25, 0.3) is 10.1 Å². The number of rotatable bonds is 4. The summed E-state index contributed by atoms with van der Waals surface area (Å²) in [6.07, 6.45) is -5.87. The first kappa shape index (κ1) is 19.4. The first-order valence-corrected chi connectivity index (χ1v) is 9.86. The van der Waals surface area contributed by atoms with Gasteiger partial charge in [-0.15, -0.1) is 11.3 Å². The Morgan fingerprint density at radius 3 is 2.50 bits per heavy atom. The number of hydrogen-bond donors (Lipinski definition) is 4. The summed E-state index contributed by atoms with van der Waals surface area (Å²) in [6, 6.07) is 14.4. The summed E-state index contributed by atoms with van der Waals surface area (Å²) in [4.78, 5) is 1.01. The molecular formula is C21H21FO5S. The molecule has 1 fully saturated rings. The smallest absolute Gasteiger partial charge is 0.126 e. The second-order valence-electron chi connectivity index (χ2n) is 7.03. The Bertz CT molecular complexity index is 939. The van der Waals surface area contributed by atoms with Gasteiger partial charge >= 0.3 is 0 Å². The summed E-state index contributed by atoms with van der Waals surface area (Å²) in [5.74, 6) is -0.370. The van der Waals surface area contributed by atoms with Gasteiger partial charge in [0.2, 0.25) is 0 Å². The van der Waals surface area contributed by atoms with Crippen molar-refractivity contribution in [2.75, 3.05) is 6.61 Å². The second-order valence-corrected chi connectivity index (χ2v) is 8.20. The van der Waals surface area contributed by atoms with Crippen molar-refractivity contribution in [1.29, 1.82) is 0 Å². The van der Waals surface area contributed by atoms with Crippen molar-refractivity contribution in [2.45, 2.75) is 36.9 Å². The van der Waals surface area contributed by atoms with Gasteiger partial charge in [-0.25, -0.2) is 4.39 Å². The number of ether oxygens (including phenoxy) is 1. The molecule has 5 atom stereocenters. The van der Waals surface area contributed by atoms with Crippen molar-refractivity contribution < 1.29 is 29.6 Å². The summed E-state index contributed by atoms with van der Waals surface area (Å²) in [5.41, 5.74) is 0.926. The fraction of sp³-hybridized carbons (Fsp3) is 0.333. The van der Waals surface area contributed by atoms with Gasteiger partial charge in [-0.05, 0) is 40.8 Å². The molecule has 2 aromatic carbocycles. The van der Waals surface area contributed by atoms with Crippen LogP contribution in [-0.2, 0) is 11.2 Å². The highest BCUT2D eigenvalue weighted by molar-refractivity contribution is 7.19. The predicted molar refractivity (Wildman–Crippen MR) is 104 cm³/mol. The largest absolute Gasteiger partial charge is 0.394 e. The van der Waals surface area contributed by atoms with E-state index in [2.05, 4.69) is 0 Å². The van der Waals surface area contributed by atoms with Crippen molar-refractivity contribution in [3.63, 3.8) is 0 Å². The molecule has 0 amide bonds. The molecule has 7 heteroatoms. The summed E-state index contributed by atoms with van der Waals surface area (Å²) < 4.78 is 21.1. The Labute approximate surface area is 165 Å². The number of fused-ring (bicyclic) bond motifs is 1. The van der Waals surface area contributed by atoms with Crippen LogP contribution in [0, 0.1) is 5.82 Å². The summed E-state index contributed by atoms with van der Waals surface area (Å²) >= 11 is 1.59. The molecule has 3 unspecified atom stereocenters. The SMILES string of the molecule is OCC1OC(c2ccc(F)c(Cc3cc4ccccc4s3)c2)[C@H](O)C(O)[C@@H]1O. The fourth-order valence-corrected chi connectivity index (χ4v) is 4.68. The molecule has 0 aliphatic carbocycles. The first-order valence-electron chi connectivity index (χ1n) is 9.04. The number of benzene rings is 2. The van der Waals surface area contributed by atoms with E-state index in [1.165, 1.54) is 12.1 Å². The second kappa shape index (κ2) is 7.87. The molecule has 1 aliphatic rings. The lowest BCUT2D eigenvalue weighted by atomic mass is 9.90. The third kappa shape index (κ3) is 3.57. The zero-order valence-electron chi connectivity index (χ0n) is 14.9. The third-order valence-corrected chi connectivity index (χ3v) is 6.25. The Morgan fingerprint density at radius 1 is 0.964 bits per heavy atom. The molecule has 1 aliphatic heterocycles. The highest BCUT2D eigenvalue weighted by Crippen LogP contribution is 2.34. The zero-order valence-corrected chi connectivity index (χ0v) is 15.7. The highest BCUT2D eigenvalue weighted by atomic mass is 32.1. The van der Waals surface area contributed by atoms with Gasteiger partial charge < -0.3 is 25.2 Å². The standard InChI is InChI=1S/C21H21FO5S/c22-15-6-5-12(21-20(26)19(25)18(24)16(10-23)27-21)7-13(15)9-14-8-11-3-1-2-4-17(11)28-14/h1-8,16,18-21,23-26H,9-10H2/t16?,18-,19?,20-,21?/m1/s1. The molecule has 148 valence electrons. The first-order chi connectivity index (χ1) is 13.5. The normalized spacial score (nSPS) is 28.0. The predicted octanol–water partition coefficient (Wildman–Crippen LogP) is 2.15. The molecule has 4 N–H and O–H groups in total. The molecule has 4 rings (SSSR count). The molecule has 1 aromatic heterocycles. The lowest BCUT2D eigenvalue weighted by molar-refractivity contribution is -0.231. The minimum absolute atomic E-state index is 0.370. The molecule has 0 spiro atoms. The van der Waals surface area contributed by atoms with E-state index in [0.29, 0.717) is 17.5 Å². The lowest BCUT2D eigenvalue weighted by Gasteiger charge is -2.40. The molecule has 2 heterocycles. The van der Waals surface area contributed by atoms with E-state index in [9.17, 15) is 24.8 Å². The van der Waals surface area contributed by atoms with E-state index in [1.807, 2.05) is 30.3 Å². The number of aliphatic hydroxyl groups excluding tert-OH is 4. The average molecular weight is 404 g/mol. The van der Waals surface area contributed by atoms with Crippen LogP contribution < -0.4 is 0 Å². The van der Waals surface area contributed by atoms with Gasteiger partial charge in [-0.3, -0.25) is 0 Å². The van der Waals surface area contributed by atoms with Gasteiger partial charge in [-0.1, -0.05) is 24.3 Å². The van der Waals surface area contributed by atoms with E-state index in [0.717, 1.165) is 15.0 Å². The number of thiophene rings is 1. The lowest BCUT2D eigenvalue weighted by Crippen LogP contribution is -2.55. The third-order valence-electron chi connectivity index (χ3n) is 5.13. The average Bonchev–Trinajstić information content (AvgIpc) is 3.11. The van der Waals surface area contributed by atoms with E-state index >= 15 is 0 Å². The van der Waals surface area contributed by atoms with Gasteiger partial charge in [0, 0.05) is 16.0 Å². The molecule has 28 heavy (non-hydrogen) atoms. The van der Waals surface area contributed by atoms with Gasteiger partial charge in [0.1, 0.15) is 36.3 Å². The van der Waals surface area contributed by atoms with Crippen LogP contribution in [0.1, 0.15) is 22.1 Å². The molecule has 1 saturated heterocycles. The number of hydrogen-bond acceptors (Lipinski definition) is 6. The van der Waals surface area contributed by atoms with E-state index in [1.54, 1.807) is 17.4 Å². The van der Waals surface area contributed by atoms with Crippen LogP contribution in [0.2, 0.25) is 0 Å². The fourth-order valence-electron chi connectivity index (χ4n) is 3.60. The minimum Gasteiger partial charge on any atom is -0.394 e. The van der Waals surface area contributed by atoms with Gasteiger partial charge in [-0.2, -0.15) is 0 Å². The summed E-state index contributed by atoms with van der Waals surface area (Å²) in [7, 11) is 0. The van der Waals surface area contributed by atoms with Crippen molar-refractivity contribution in [1.82, 2.24) is 0 Å². The van der Waals surface area contributed by atoms with E-state index in [-0.39, 0.29) is 5.82 Å². The molecule has 0 radical (unpaired) electrons.